The summed E-state index contributed by atoms with van der Waals surface area (Å²) in [6, 6.07) is 5.08. The summed E-state index contributed by atoms with van der Waals surface area (Å²) >= 11 is 0. The van der Waals surface area contributed by atoms with Gasteiger partial charge >= 0.3 is 0 Å². The Morgan fingerprint density at radius 3 is 3.05 bits per heavy atom. The van der Waals surface area contributed by atoms with E-state index in [0.717, 1.165) is 43.9 Å². The van der Waals surface area contributed by atoms with Gasteiger partial charge in [0.1, 0.15) is 11.6 Å². The van der Waals surface area contributed by atoms with Crippen LogP contribution in [0.15, 0.2) is 18.3 Å². The fourth-order valence-corrected chi connectivity index (χ4v) is 2.38. The first-order chi connectivity index (χ1) is 9.36. The van der Waals surface area contributed by atoms with Crippen LogP contribution in [-0.2, 0) is 4.74 Å². The lowest BCUT2D eigenvalue weighted by Gasteiger charge is -2.36. The van der Waals surface area contributed by atoms with Gasteiger partial charge in [0.05, 0.1) is 32.6 Å². The van der Waals surface area contributed by atoms with Gasteiger partial charge in [-0.1, -0.05) is 0 Å². The number of hydrogen-bond donors (Lipinski definition) is 1. The van der Waals surface area contributed by atoms with Crippen molar-refractivity contribution < 1.29 is 9.47 Å². The molecule has 1 aromatic heterocycles. The van der Waals surface area contributed by atoms with Gasteiger partial charge in [-0.2, -0.15) is 0 Å². The van der Waals surface area contributed by atoms with Crippen LogP contribution in [0.1, 0.15) is 12.8 Å². The molecule has 1 N–H and O–H groups in total. The Bertz CT molecular complexity index is 406. The Morgan fingerprint density at radius 2 is 2.37 bits per heavy atom. The summed E-state index contributed by atoms with van der Waals surface area (Å²) < 4.78 is 10.7. The molecule has 0 radical (unpaired) electrons. The molecule has 1 saturated carbocycles. The minimum atomic E-state index is 0.371. The molecule has 0 spiro atoms. The quantitative estimate of drug-likeness (QED) is 0.860. The number of nitrogens with one attached hydrogen (secondary N) is 1. The largest absolute Gasteiger partial charge is 0.495 e. The predicted molar refractivity (Wildman–Crippen MR) is 73.8 cm³/mol. The van der Waals surface area contributed by atoms with Gasteiger partial charge in [0.25, 0.3) is 0 Å². The smallest absolute Gasteiger partial charge is 0.137 e. The van der Waals surface area contributed by atoms with Crippen LogP contribution in [0.4, 0.5) is 5.82 Å². The van der Waals surface area contributed by atoms with Gasteiger partial charge in [-0.3, -0.25) is 0 Å². The first-order valence-electron chi connectivity index (χ1n) is 6.94. The molecule has 19 heavy (non-hydrogen) atoms. The van der Waals surface area contributed by atoms with E-state index in [9.17, 15) is 0 Å². The number of ether oxygens (including phenoxy) is 2. The number of nitrogens with zero attached hydrogens (tertiary/aromatic N) is 2. The van der Waals surface area contributed by atoms with E-state index in [-0.39, 0.29) is 0 Å². The van der Waals surface area contributed by atoms with Crippen LogP contribution in [0, 0.1) is 0 Å². The van der Waals surface area contributed by atoms with Gasteiger partial charge in [0, 0.05) is 19.1 Å². The summed E-state index contributed by atoms with van der Waals surface area (Å²) in [4.78, 5) is 6.82. The van der Waals surface area contributed by atoms with Gasteiger partial charge in [-0.15, -0.1) is 0 Å². The standard InChI is InChI=1S/C14H21N3O2/c1-18-13-4-5-14(16-9-13)17-6-7-19-10-12(17)8-15-11-2-3-11/h4-5,9,11-12,15H,2-3,6-8,10H2,1H3. The molecule has 1 saturated heterocycles. The van der Waals surface area contributed by atoms with E-state index < -0.39 is 0 Å². The third kappa shape index (κ3) is 3.16. The summed E-state index contributed by atoms with van der Waals surface area (Å²) in [5, 5.41) is 3.57. The monoisotopic (exact) mass is 263 g/mol. The van der Waals surface area contributed by atoms with Crippen LogP contribution in [0.5, 0.6) is 5.75 Å². The van der Waals surface area contributed by atoms with Crippen LogP contribution >= 0.6 is 0 Å². The van der Waals surface area contributed by atoms with Crippen LogP contribution < -0.4 is 15.0 Å². The molecule has 1 unspecified atom stereocenters. The highest BCUT2D eigenvalue weighted by Gasteiger charge is 2.27. The van der Waals surface area contributed by atoms with Crippen LogP contribution in [0.25, 0.3) is 0 Å². The van der Waals surface area contributed by atoms with Crippen molar-refractivity contribution in [3.8, 4) is 5.75 Å². The van der Waals surface area contributed by atoms with Crippen molar-refractivity contribution in [3.05, 3.63) is 18.3 Å². The third-order valence-electron chi connectivity index (χ3n) is 3.70. The average molecular weight is 263 g/mol. The lowest BCUT2D eigenvalue weighted by atomic mass is 10.2. The lowest BCUT2D eigenvalue weighted by molar-refractivity contribution is 0.0932. The molecule has 2 aliphatic rings. The van der Waals surface area contributed by atoms with Crippen molar-refractivity contribution in [2.24, 2.45) is 0 Å². The van der Waals surface area contributed by atoms with Crippen molar-refractivity contribution in [1.29, 1.82) is 0 Å². The second-order valence-corrected chi connectivity index (χ2v) is 5.16. The number of pyridine rings is 1. The van der Waals surface area contributed by atoms with Crippen molar-refractivity contribution in [2.45, 2.75) is 24.9 Å². The maximum Gasteiger partial charge on any atom is 0.137 e. The zero-order valence-electron chi connectivity index (χ0n) is 11.3. The normalized spacial score (nSPS) is 23.4. The Labute approximate surface area is 113 Å². The average Bonchev–Trinajstić information content (AvgIpc) is 3.30. The molecule has 5 nitrogen and oxygen atoms in total. The Balaban J connectivity index is 1.66. The number of hydrogen-bond acceptors (Lipinski definition) is 5. The van der Waals surface area contributed by atoms with Gasteiger partial charge < -0.3 is 19.7 Å². The molecule has 3 rings (SSSR count). The molecule has 2 fully saturated rings. The zero-order valence-corrected chi connectivity index (χ0v) is 11.3. The van der Waals surface area contributed by atoms with E-state index in [0.29, 0.717) is 6.04 Å². The first-order valence-corrected chi connectivity index (χ1v) is 6.94. The zero-order chi connectivity index (χ0) is 13.1. The number of anilines is 1. The molecule has 0 aromatic carbocycles. The highest BCUT2D eigenvalue weighted by Crippen LogP contribution is 2.22. The van der Waals surface area contributed by atoms with E-state index in [2.05, 4.69) is 15.2 Å². The van der Waals surface area contributed by atoms with Crippen LogP contribution in [0.3, 0.4) is 0 Å². The predicted octanol–water partition coefficient (Wildman–Crippen LogP) is 1.05. The molecule has 0 bridgehead atoms. The van der Waals surface area contributed by atoms with Crippen LogP contribution in [0.2, 0.25) is 0 Å². The van der Waals surface area contributed by atoms with Crippen LogP contribution in [-0.4, -0.2) is 50.5 Å². The van der Waals surface area contributed by atoms with E-state index in [1.165, 1.54) is 12.8 Å². The van der Waals surface area contributed by atoms with Gasteiger partial charge in [-0.25, -0.2) is 4.98 Å². The fourth-order valence-electron chi connectivity index (χ4n) is 2.38. The molecular weight excluding hydrogens is 242 g/mol. The molecule has 104 valence electrons. The first kappa shape index (κ1) is 12.7. The SMILES string of the molecule is COc1ccc(N2CCOCC2CNC2CC2)nc1. The molecule has 1 atom stereocenters. The van der Waals surface area contributed by atoms with Gasteiger partial charge in [-0.05, 0) is 25.0 Å². The highest BCUT2D eigenvalue weighted by molar-refractivity contribution is 5.42. The van der Waals surface area contributed by atoms with E-state index in [1.54, 1.807) is 13.3 Å². The second-order valence-electron chi connectivity index (χ2n) is 5.16. The Kier molecular flexibility index (Phi) is 3.84. The summed E-state index contributed by atoms with van der Waals surface area (Å²) in [7, 11) is 1.66. The van der Waals surface area contributed by atoms with Crippen molar-refractivity contribution in [1.82, 2.24) is 10.3 Å². The van der Waals surface area contributed by atoms with E-state index >= 15 is 0 Å². The molecule has 1 aliphatic heterocycles. The van der Waals surface area contributed by atoms with Crippen molar-refractivity contribution in [2.75, 3.05) is 38.3 Å². The summed E-state index contributed by atoms with van der Waals surface area (Å²) in [6.07, 6.45) is 4.40. The minimum Gasteiger partial charge on any atom is -0.495 e. The summed E-state index contributed by atoms with van der Waals surface area (Å²) in [5.74, 6) is 1.80. The molecule has 0 amide bonds. The molecule has 2 heterocycles. The number of methoxy groups -OCH3 is 1. The van der Waals surface area contributed by atoms with E-state index in [4.69, 9.17) is 9.47 Å². The van der Waals surface area contributed by atoms with Crippen molar-refractivity contribution in [3.63, 3.8) is 0 Å². The minimum absolute atomic E-state index is 0.371. The van der Waals surface area contributed by atoms with Crippen molar-refractivity contribution >= 4 is 5.82 Å². The second kappa shape index (κ2) is 5.75. The molecule has 1 aromatic rings. The number of morpholine rings is 1. The molecular formula is C14H21N3O2. The lowest BCUT2D eigenvalue weighted by Crippen LogP contribution is -2.51. The number of rotatable bonds is 5. The number of aromatic nitrogens is 1. The molecule has 5 heteroatoms. The fraction of sp³-hybridized carbons (Fsp3) is 0.643. The Hall–Kier alpha value is -1.33. The van der Waals surface area contributed by atoms with Gasteiger partial charge in [0.2, 0.25) is 0 Å². The van der Waals surface area contributed by atoms with Gasteiger partial charge in [0.15, 0.2) is 0 Å². The summed E-state index contributed by atoms with van der Waals surface area (Å²) in [5.41, 5.74) is 0. The maximum atomic E-state index is 5.60. The molecule has 1 aliphatic carbocycles. The van der Waals surface area contributed by atoms with E-state index in [1.807, 2.05) is 12.1 Å². The topological polar surface area (TPSA) is 46.6 Å². The highest BCUT2D eigenvalue weighted by atomic mass is 16.5. The third-order valence-corrected chi connectivity index (χ3v) is 3.70. The summed E-state index contributed by atoms with van der Waals surface area (Å²) in [6.45, 7) is 3.41. The maximum absolute atomic E-state index is 5.60. The Morgan fingerprint density at radius 1 is 1.47 bits per heavy atom.